The van der Waals surface area contributed by atoms with Gasteiger partial charge in [0.25, 0.3) is 0 Å². The maximum Gasteiger partial charge on any atom is 0.233 e. The molecular weight excluding hydrogens is 342 g/mol. The lowest BCUT2D eigenvalue weighted by Crippen LogP contribution is -2.21. The van der Waals surface area contributed by atoms with Crippen LogP contribution in [0.4, 0.5) is 15.8 Å². The van der Waals surface area contributed by atoms with Gasteiger partial charge in [-0.25, -0.2) is 4.39 Å². The van der Waals surface area contributed by atoms with Crippen molar-refractivity contribution in [3.8, 4) is 0 Å². The molecule has 0 spiro atoms. The van der Waals surface area contributed by atoms with Gasteiger partial charge in [-0.3, -0.25) is 9.59 Å². The number of benzene rings is 2. The van der Waals surface area contributed by atoms with E-state index >= 15 is 0 Å². The zero-order chi connectivity index (χ0) is 17.0. The van der Waals surface area contributed by atoms with Crippen LogP contribution < -0.4 is 10.6 Å². The van der Waals surface area contributed by atoms with E-state index in [9.17, 15) is 14.0 Å². The van der Waals surface area contributed by atoms with Crippen molar-refractivity contribution in [1.29, 1.82) is 0 Å². The topological polar surface area (TPSA) is 58.2 Å². The zero-order valence-corrected chi connectivity index (χ0v) is 13.6. The van der Waals surface area contributed by atoms with Crippen LogP contribution in [0.15, 0.2) is 36.4 Å². The number of nitrogens with one attached hydrogen (secondary N) is 2. The van der Waals surface area contributed by atoms with Crippen LogP contribution in [0.25, 0.3) is 0 Å². The van der Waals surface area contributed by atoms with Gasteiger partial charge in [0.1, 0.15) is 12.2 Å². The molecule has 120 valence electrons. The quantitative estimate of drug-likeness (QED) is 0.799. The summed E-state index contributed by atoms with van der Waals surface area (Å²) in [6, 6.07) is 8.86. The first-order chi connectivity index (χ1) is 10.9. The molecule has 2 amide bonds. The molecule has 0 fully saturated rings. The Morgan fingerprint density at radius 3 is 2.43 bits per heavy atom. The van der Waals surface area contributed by atoms with Crippen molar-refractivity contribution >= 4 is 46.4 Å². The molecule has 0 heterocycles. The first-order valence-corrected chi connectivity index (χ1v) is 7.42. The number of hydrogen-bond acceptors (Lipinski definition) is 2. The second-order valence-electron chi connectivity index (χ2n) is 4.81. The lowest BCUT2D eigenvalue weighted by Gasteiger charge is -2.10. The Balaban J connectivity index is 1.95. The lowest BCUT2D eigenvalue weighted by atomic mass is 10.2. The highest BCUT2D eigenvalue weighted by Crippen LogP contribution is 2.23. The number of hydrogen-bond donors (Lipinski definition) is 2. The SMILES string of the molecule is Cc1c(Cl)cccc1NC(=O)CC(=O)Nc1ccc(F)c(Cl)c1. The van der Waals surface area contributed by atoms with E-state index in [4.69, 9.17) is 23.2 Å². The Kier molecular flexibility index (Phi) is 5.58. The standard InChI is InChI=1S/C16H13Cl2FN2O2/c1-9-11(17)3-2-4-14(9)21-16(23)8-15(22)20-10-5-6-13(19)12(18)7-10/h2-7H,8H2,1H3,(H,20,22)(H,21,23). The van der Waals surface area contributed by atoms with Gasteiger partial charge in [0.15, 0.2) is 0 Å². The average Bonchev–Trinajstić information content (AvgIpc) is 2.47. The molecule has 2 aromatic carbocycles. The molecule has 2 aromatic rings. The Morgan fingerprint density at radius 2 is 1.74 bits per heavy atom. The molecule has 0 saturated heterocycles. The van der Waals surface area contributed by atoms with E-state index in [1.807, 2.05) is 0 Å². The third kappa shape index (κ3) is 4.68. The number of rotatable bonds is 4. The highest BCUT2D eigenvalue weighted by Gasteiger charge is 2.12. The Hall–Kier alpha value is -2.11. The molecule has 0 radical (unpaired) electrons. The monoisotopic (exact) mass is 354 g/mol. The van der Waals surface area contributed by atoms with Gasteiger partial charge in [0, 0.05) is 16.4 Å². The summed E-state index contributed by atoms with van der Waals surface area (Å²) in [4.78, 5) is 23.7. The van der Waals surface area contributed by atoms with E-state index in [0.29, 0.717) is 22.0 Å². The smallest absolute Gasteiger partial charge is 0.233 e. The van der Waals surface area contributed by atoms with Gasteiger partial charge in [-0.15, -0.1) is 0 Å². The largest absolute Gasteiger partial charge is 0.326 e. The first-order valence-electron chi connectivity index (χ1n) is 6.66. The van der Waals surface area contributed by atoms with E-state index in [-0.39, 0.29) is 11.4 Å². The second kappa shape index (κ2) is 7.44. The van der Waals surface area contributed by atoms with E-state index in [1.54, 1.807) is 25.1 Å². The van der Waals surface area contributed by atoms with Crippen LogP contribution >= 0.6 is 23.2 Å². The Bertz CT molecular complexity index is 766. The molecule has 0 aliphatic heterocycles. The predicted molar refractivity (Wildman–Crippen MR) is 89.5 cm³/mol. The van der Waals surface area contributed by atoms with Crippen molar-refractivity contribution in [2.24, 2.45) is 0 Å². The zero-order valence-electron chi connectivity index (χ0n) is 12.1. The third-order valence-corrected chi connectivity index (χ3v) is 3.77. The molecule has 0 saturated carbocycles. The van der Waals surface area contributed by atoms with E-state index in [0.717, 1.165) is 6.07 Å². The summed E-state index contributed by atoms with van der Waals surface area (Å²) >= 11 is 11.6. The number of halogens is 3. The second-order valence-corrected chi connectivity index (χ2v) is 5.63. The molecule has 0 bridgehead atoms. The van der Waals surface area contributed by atoms with Gasteiger partial charge >= 0.3 is 0 Å². The van der Waals surface area contributed by atoms with Crippen molar-refractivity contribution in [1.82, 2.24) is 0 Å². The summed E-state index contributed by atoms with van der Waals surface area (Å²) in [6.07, 6.45) is -0.388. The molecule has 23 heavy (non-hydrogen) atoms. The average molecular weight is 355 g/mol. The van der Waals surface area contributed by atoms with Gasteiger partial charge in [-0.05, 0) is 42.8 Å². The molecular formula is C16H13Cl2FN2O2. The summed E-state index contributed by atoms with van der Waals surface area (Å²) in [5.74, 6) is -1.61. The van der Waals surface area contributed by atoms with E-state index < -0.39 is 17.6 Å². The van der Waals surface area contributed by atoms with Crippen molar-refractivity contribution in [2.75, 3.05) is 10.6 Å². The minimum absolute atomic E-state index is 0.109. The molecule has 0 atom stereocenters. The van der Waals surface area contributed by atoms with Crippen LogP contribution in [-0.2, 0) is 9.59 Å². The molecule has 0 unspecified atom stereocenters. The van der Waals surface area contributed by atoms with Crippen molar-refractivity contribution in [3.05, 3.63) is 57.8 Å². The Morgan fingerprint density at radius 1 is 1.04 bits per heavy atom. The fourth-order valence-corrected chi connectivity index (χ4v) is 2.22. The summed E-state index contributed by atoms with van der Waals surface area (Å²) in [5.41, 5.74) is 1.57. The summed E-state index contributed by atoms with van der Waals surface area (Å²) < 4.78 is 13.0. The Labute approximate surface area is 142 Å². The van der Waals surface area contributed by atoms with Gasteiger partial charge < -0.3 is 10.6 Å². The molecule has 2 N–H and O–H groups in total. The minimum Gasteiger partial charge on any atom is -0.326 e. The van der Waals surface area contributed by atoms with Crippen LogP contribution in [-0.4, -0.2) is 11.8 Å². The maximum absolute atomic E-state index is 13.0. The van der Waals surface area contributed by atoms with Crippen LogP contribution in [0.2, 0.25) is 10.0 Å². The van der Waals surface area contributed by atoms with Crippen molar-refractivity contribution < 1.29 is 14.0 Å². The van der Waals surface area contributed by atoms with E-state index in [2.05, 4.69) is 10.6 Å². The number of anilines is 2. The third-order valence-electron chi connectivity index (χ3n) is 3.07. The molecule has 0 aromatic heterocycles. The number of amides is 2. The molecule has 2 rings (SSSR count). The summed E-state index contributed by atoms with van der Waals surface area (Å²) in [6.45, 7) is 1.76. The number of carbonyl (C=O) groups excluding carboxylic acids is 2. The first kappa shape index (κ1) is 17.2. The van der Waals surface area contributed by atoms with Crippen LogP contribution in [0.1, 0.15) is 12.0 Å². The lowest BCUT2D eigenvalue weighted by molar-refractivity contribution is -0.123. The fourth-order valence-electron chi connectivity index (χ4n) is 1.86. The van der Waals surface area contributed by atoms with Crippen LogP contribution in [0.5, 0.6) is 0 Å². The minimum atomic E-state index is -0.584. The van der Waals surface area contributed by atoms with Gasteiger partial charge in [0.2, 0.25) is 11.8 Å². The highest BCUT2D eigenvalue weighted by molar-refractivity contribution is 6.32. The normalized spacial score (nSPS) is 10.3. The molecule has 7 heteroatoms. The number of carbonyl (C=O) groups is 2. The van der Waals surface area contributed by atoms with Gasteiger partial charge in [-0.1, -0.05) is 29.3 Å². The van der Waals surface area contributed by atoms with Gasteiger partial charge in [-0.2, -0.15) is 0 Å². The fraction of sp³-hybridized carbons (Fsp3) is 0.125. The van der Waals surface area contributed by atoms with Gasteiger partial charge in [0.05, 0.1) is 5.02 Å². The molecule has 0 aliphatic rings. The highest BCUT2D eigenvalue weighted by atomic mass is 35.5. The van der Waals surface area contributed by atoms with Crippen LogP contribution in [0, 0.1) is 12.7 Å². The predicted octanol–water partition coefficient (Wildman–Crippen LogP) is 4.41. The van der Waals surface area contributed by atoms with Crippen LogP contribution in [0.3, 0.4) is 0 Å². The summed E-state index contributed by atoms with van der Waals surface area (Å²) in [5, 5.41) is 5.51. The van der Waals surface area contributed by atoms with Crippen molar-refractivity contribution in [3.63, 3.8) is 0 Å². The maximum atomic E-state index is 13.0. The van der Waals surface area contributed by atoms with Crippen molar-refractivity contribution in [2.45, 2.75) is 13.3 Å². The molecule has 0 aliphatic carbocycles. The molecule has 4 nitrogen and oxygen atoms in total. The summed E-state index contributed by atoms with van der Waals surface area (Å²) in [7, 11) is 0. The van der Waals surface area contributed by atoms with E-state index in [1.165, 1.54) is 12.1 Å².